The van der Waals surface area contributed by atoms with E-state index in [4.69, 9.17) is 9.47 Å². The largest absolute Gasteiger partial charge is 0.489 e. The molecule has 0 unspecified atom stereocenters. The highest BCUT2D eigenvalue weighted by Crippen LogP contribution is 2.29. The third kappa shape index (κ3) is 4.35. The Hall–Kier alpha value is -1.33. The van der Waals surface area contributed by atoms with Crippen molar-refractivity contribution < 1.29 is 13.9 Å². The van der Waals surface area contributed by atoms with Crippen molar-refractivity contribution in [3.8, 4) is 5.75 Å². The van der Waals surface area contributed by atoms with Gasteiger partial charge in [0.05, 0.1) is 12.3 Å². The van der Waals surface area contributed by atoms with Gasteiger partial charge in [-0.05, 0) is 32.0 Å². The maximum atomic E-state index is 13.5. The molecule has 0 radical (unpaired) electrons. The van der Waals surface area contributed by atoms with Gasteiger partial charge in [-0.25, -0.2) is 4.39 Å². The third-order valence-electron chi connectivity index (χ3n) is 3.29. The summed E-state index contributed by atoms with van der Waals surface area (Å²) in [6.07, 6.45) is 1.05. The van der Waals surface area contributed by atoms with E-state index < -0.39 is 0 Å². The van der Waals surface area contributed by atoms with Gasteiger partial charge in [0.15, 0.2) is 0 Å². The van der Waals surface area contributed by atoms with Gasteiger partial charge < -0.3 is 19.7 Å². The van der Waals surface area contributed by atoms with Crippen LogP contribution in [0.1, 0.15) is 13.3 Å². The Labute approximate surface area is 119 Å². The summed E-state index contributed by atoms with van der Waals surface area (Å²) in [6, 6.07) is 4.70. The van der Waals surface area contributed by atoms with Crippen LogP contribution in [0.5, 0.6) is 5.75 Å². The fraction of sp³-hybridized carbons (Fsp3) is 0.600. The number of halogens is 1. The van der Waals surface area contributed by atoms with E-state index in [0.717, 1.165) is 44.0 Å². The summed E-state index contributed by atoms with van der Waals surface area (Å²) in [4.78, 5) is 2.18. The minimum Gasteiger partial charge on any atom is -0.489 e. The van der Waals surface area contributed by atoms with Gasteiger partial charge in [-0.3, -0.25) is 0 Å². The van der Waals surface area contributed by atoms with Crippen LogP contribution in [0.25, 0.3) is 0 Å². The molecule has 0 amide bonds. The van der Waals surface area contributed by atoms with Gasteiger partial charge >= 0.3 is 0 Å². The number of hydrogen-bond acceptors (Lipinski definition) is 4. The Balaban J connectivity index is 2.06. The van der Waals surface area contributed by atoms with Crippen LogP contribution in [0, 0.1) is 5.82 Å². The minimum atomic E-state index is -0.227. The van der Waals surface area contributed by atoms with Gasteiger partial charge in [0.25, 0.3) is 0 Å². The van der Waals surface area contributed by atoms with E-state index in [1.54, 1.807) is 12.1 Å². The van der Waals surface area contributed by atoms with Crippen molar-refractivity contribution in [3.63, 3.8) is 0 Å². The number of nitrogens with zero attached hydrogens (tertiary/aromatic N) is 1. The number of nitrogens with one attached hydrogen (secondary N) is 1. The highest BCUT2D eigenvalue weighted by atomic mass is 19.1. The van der Waals surface area contributed by atoms with Crippen LogP contribution in [0.4, 0.5) is 10.1 Å². The van der Waals surface area contributed by atoms with Crippen LogP contribution in [-0.2, 0) is 4.74 Å². The van der Waals surface area contributed by atoms with E-state index in [-0.39, 0.29) is 5.82 Å². The maximum absolute atomic E-state index is 13.5. The molecule has 0 saturated carbocycles. The number of hydrogen-bond donors (Lipinski definition) is 1. The normalized spacial score (nSPS) is 16.0. The molecule has 1 fully saturated rings. The first-order chi connectivity index (χ1) is 9.81. The van der Waals surface area contributed by atoms with Crippen LogP contribution >= 0.6 is 0 Å². The molecule has 1 aromatic rings. The molecule has 4 nitrogen and oxygen atoms in total. The molecule has 1 heterocycles. The highest BCUT2D eigenvalue weighted by molar-refractivity contribution is 5.58. The van der Waals surface area contributed by atoms with Gasteiger partial charge in [-0.2, -0.15) is 0 Å². The average Bonchev–Trinajstić information content (AvgIpc) is 2.74. The fourth-order valence-corrected chi connectivity index (χ4v) is 2.30. The zero-order valence-corrected chi connectivity index (χ0v) is 12.0. The molecular formula is C15H23FN2O2. The summed E-state index contributed by atoms with van der Waals surface area (Å²) in [5.41, 5.74) is 0.838. The summed E-state index contributed by atoms with van der Waals surface area (Å²) in [5.74, 6) is 0.502. The van der Waals surface area contributed by atoms with Crippen LogP contribution in [0.15, 0.2) is 18.2 Å². The number of ether oxygens (including phenoxy) is 2. The molecule has 2 rings (SSSR count). The number of benzene rings is 1. The summed E-state index contributed by atoms with van der Waals surface area (Å²) in [5, 5.41) is 3.34. The molecule has 1 N–H and O–H groups in total. The second-order valence-corrected chi connectivity index (χ2v) is 4.75. The van der Waals surface area contributed by atoms with Crippen LogP contribution < -0.4 is 15.0 Å². The summed E-state index contributed by atoms with van der Waals surface area (Å²) in [7, 11) is 0. The van der Waals surface area contributed by atoms with Gasteiger partial charge in [0.2, 0.25) is 0 Å². The van der Waals surface area contributed by atoms with Gasteiger partial charge in [0.1, 0.15) is 18.2 Å². The van der Waals surface area contributed by atoms with Crippen molar-refractivity contribution in [3.05, 3.63) is 24.0 Å². The number of anilines is 1. The summed E-state index contributed by atoms with van der Waals surface area (Å²) < 4.78 is 24.5. The highest BCUT2D eigenvalue weighted by Gasteiger charge is 2.15. The van der Waals surface area contributed by atoms with E-state index >= 15 is 0 Å². The van der Waals surface area contributed by atoms with Crippen LogP contribution in [0.2, 0.25) is 0 Å². The van der Waals surface area contributed by atoms with E-state index in [1.807, 2.05) is 6.92 Å². The molecule has 0 aromatic heterocycles. The van der Waals surface area contributed by atoms with E-state index in [0.29, 0.717) is 19.8 Å². The SMILES string of the molecule is CCOCCOc1ccc(F)cc1N1CCCNCC1. The Morgan fingerprint density at radius 2 is 2.15 bits per heavy atom. The lowest BCUT2D eigenvalue weighted by atomic mass is 10.2. The lowest BCUT2D eigenvalue weighted by molar-refractivity contribution is 0.110. The Morgan fingerprint density at radius 1 is 1.25 bits per heavy atom. The maximum Gasteiger partial charge on any atom is 0.142 e. The van der Waals surface area contributed by atoms with E-state index in [1.165, 1.54) is 6.07 Å². The van der Waals surface area contributed by atoms with Crippen LogP contribution in [0.3, 0.4) is 0 Å². The predicted octanol–water partition coefficient (Wildman–Crippen LogP) is 2.04. The zero-order valence-electron chi connectivity index (χ0n) is 12.0. The lowest BCUT2D eigenvalue weighted by Gasteiger charge is -2.25. The molecule has 0 bridgehead atoms. The first-order valence-electron chi connectivity index (χ1n) is 7.27. The first-order valence-corrected chi connectivity index (χ1v) is 7.27. The van der Waals surface area contributed by atoms with Crippen molar-refractivity contribution in [1.82, 2.24) is 5.32 Å². The minimum absolute atomic E-state index is 0.227. The average molecular weight is 282 g/mol. The fourth-order valence-electron chi connectivity index (χ4n) is 2.30. The van der Waals surface area contributed by atoms with Crippen LogP contribution in [-0.4, -0.2) is 46.0 Å². The molecule has 0 aliphatic carbocycles. The van der Waals surface area contributed by atoms with Gasteiger partial charge in [-0.15, -0.1) is 0 Å². The van der Waals surface area contributed by atoms with Gasteiger partial charge in [-0.1, -0.05) is 0 Å². The Kier molecular flexibility index (Phi) is 6.08. The Morgan fingerprint density at radius 3 is 3.00 bits per heavy atom. The second-order valence-electron chi connectivity index (χ2n) is 4.75. The van der Waals surface area contributed by atoms with Crippen molar-refractivity contribution in [1.29, 1.82) is 0 Å². The molecule has 0 spiro atoms. The predicted molar refractivity (Wildman–Crippen MR) is 78.1 cm³/mol. The smallest absolute Gasteiger partial charge is 0.142 e. The molecule has 0 atom stereocenters. The van der Waals surface area contributed by atoms with Gasteiger partial charge in [0, 0.05) is 32.3 Å². The molecule has 20 heavy (non-hydrogen) atoms. The van der Waals surface area contributed by atoms with E-state index in [9.17, 15) is 4.39 Å². The summed E-state index contributed by atoms with van der Waals surface area (Å²) in [6.45, 7) is 7.36. The van der Waals surface area contributed by atoms with Crippen molar-refractivity contribution in [2.45, 2.75) is 13.3 Å². The van der Waals surface area contributed by atoms with Crippen molar-refractivity contribution >= 4 is 5.69 Å². The monoisotopic (exact) mass is 282 g/mol. The standard InChI is InChI=1S/C15H23FN2O2/c1-2-19-10-11-20-15-5-4-13(16)12-14(15)18-8-3-6-17-7-9-18/h4-5,12,17H,2-3,6-11H2,1H3. The first kappa shape index (κ1) is 15.1. The third-order valence-corrected chi connectivity index (χ3v) is 3.29. The van der Waals surface area contributed by atoms with E-state index in [2.05, 4.69) is 10.2 Å². The topological polar surface area (TPSA) is 33.7 Å². The molecule has 1 aromatic carbocycles. The molecule has 1 aliphatic rings. The zero-order chi connectivity index (χ0) is 14.2. The van der Waals surface area contributed by atoms with Crippen molar-refractivity contribution in [2.75, 3.05) is 50.9 Å². The molecular weight excluding hydrogens is 259 g/mol. The lowest BCUT2D eigenvalue weighted by Crippen LogP contribution is -2.28. The second kappa shape index (κ2) is 8.07. The Bertz CT molecular complexity index is 407. The molecule has 112 valence electrons. The quantitative estimate of drug-likeness (QED) is 0.810. The molecule has 5 heteroatoms. The van der Waals surface area contributed by atoms with Crippen molar-refractivity contribution in [2.24, 2.45) is 0 Å². The summed E-state index contributed by atoms with van der Waals surface area (Å²) >= 11 is 0. The molecule has 1 aliphatic heterocycles. The molecule has 1 saturated heterocycles. The number of rotatable bonds is 6.